The largest absolute Gasteiger partial charge is 0.352 e. The van der Waals surface area contributed by atoms with E-state index in [1.807, 2.05) is 53.4 Å². The summed E-state index contributed by atoms with van der Waals surface area (Å²) in [5, 5.41) is 2.91. The van der Waals surface area contributed by atoms with Crippen LogP contribution in [0.4, 0.5) is 0 Å². The number of carbonyl (C=O) groups is 1. The molecule has 0 spiro atoms. The molecule has 2 rings (SSSR count). The summed E-state index contributed by atoms with van der Waals surface area (Å²) in [5.41, 5.74) is 1.77. The molecular weight excluding hydrogens is 224 g/mol. The first-order valence-electron chi connectivity index (χ1n) is 6.33. The Balaban J connectivity index is 2.01. The van der Waals surface area contributed by atoms with Crippen molar-refractivity contribution < 1.29 is 4.79 Å². The smallest absolute Gasteiger partial charge is 0.251 e. The highest BCUT2D eigenvalue weighted by Gasteiger charge is 2.04. The molecule has 1 aromatic carbocycles. The number of rotatable bonds is 5. The van der Waals surface area contributed by atoms with Crippen LogP contribution in [0.5, 0.6) is 0 Å². The third kappa shape index (κ3) is 3.00. The molecule has 0 atom stereocenters. The van der Waals surface area contributed by atoms with E-state index in [0.717, 1.165) is 25.1 Å². The molecule has 2 aromatic rings. The second kappa shape index (κ2) is 6.05. The Morgan fingerprint density at radius 1 is 1.17 bits per heavy atom. The molecule has 1 N–H and O–H groups in total. The molecule has 0 unspecified atom stereocenters. The highest BCUT2D eigenvalue weighted by molar-refractivity contribution is 5.94. The number of nitrogens with one attached hydrogen (secondary N) is 1. The SMILES string of the molecule is CCCCNC(=O)c1ccc(-n2cccc2)cc1. The Morgan fingerprint density at radius 3 is 2.44 bits per heavy atom. The van der Waals surface area contributed by atoms with Gasteiger partial charge in [0.25, 0.3) is 5.91 Å². The van der Waals surface area contributed by atoms with Crippen LogP contribution in [0.2, 0.25) is 0 Å². The van der Waals surface area contributed by atoms with Crippen LogP contribution in [-0.4, -0.2) is 17.0 Å². The number of hydrogen-bond acceptors (Lipinski definition) is 1. The highest BCUT2D eigenvalue weighted by Crippen LogP contribution is 2.09. The van der Waals surface area contributed by atoms with E-state index in [-0.39, 0.29) is 5.91 Å². The highest BCUT2D eigenvalue weighted by atomic mass is 16.1. The molecular formula is C15H18N2O. The molecule has 0 aliphatic heterocycles. The van der Waals surface area contributed by atoms with E-state index in [2.05, 4.69) is 12.2 Å². The fourth-order valence-electron chi connectivity index (χ4n) is 1.77. The van der Waals surface area contributed by atoms with Gasteiger partial charge in [-0.3, -0.25) is 4.79 Å². The monoisotopic (exact) mass is 242 g/mol. The zero-order valence-electron chi connectivity index (χ0n) is 10.6. The Bertz CT molecular complexity index is 486. The molecule has 3 nitrogen and oxygen atoms in total. The summed E-state index contributed by atoms with van der Waals surface area (Å²) in [7, 11) is 0. The van der Waals surface area contributed by atoms with Crippen LogP contribution in [-0.2, 0) is 0 Å². The van der Waals surface area contributed by atoms with Crippen molar-refractivity contribution in [3.63, 3.8) is 0 Å². The number of nitrogens with zero attached hydrogens (tertiary/aromatic N) is 1. The molecule has 0 aliphatic rings. The molecule has 3 heteroatoms. The number of amides is 1. The lowest BCUT2D eigenvalue weighted by Gasteiger charge is -2.06. The van der Waals surface area contributed by atoms with E-state index in [0.29, 0.717) is 5.56 Å². The molecule has 0 aliphatic carbocycles. The normalized spacial score (nSPS) is 10.3. The van der Waals surface area contributed by atoms with Gasteiger partial charge in [-0.25, -0.2) is 0 Å². The molecule has 1 heterocycles. The van der Waals surface area contributed by atoms with Crippen LogP contribution in [0.3, 0.4) is 0 Å². The minimum absolute atomic E-state index is 0.00232. The van der Waals surface area contributed by atoms with Crippen molar-refractivity contribution in [1.82, 2.24) is 9.88 Å². The first kappa shape index (κ1) is 12.4. The lowest BCUT2D eigenvalue weighted by atomic mass is 10.2. The lowest BCUT2D eigenvalue weighted by Crippen LogP contribution is -2.24. The molecule has 0 bridgehead atoms. The zero-order chi connectivity index (χ0) is 12.8. The standard InChI is InChI=1S/C15H18N2O/c1-2-3-10-16-15(18)13-6-8-14(9-7-13)17-11-4-5-12-17/h4-9,11-12H,2-3,10H2,1H3,(H,16,18). The van der Waals surface area contributed by atoms with Gasteiger partial charge < -0.3 is 9.88 Å². The third-order valence-electron chi connectivity index (χ3n) is 2.85. The van der Waals surface area contributed by atoms with Gasteiger partial charge in [0, 0.05) is 30.2 Å². The molecule has 94 valence electrons. The van der Waals surface area contributed by atoms with Crippen molar-refractivity contribution in [2.45, 2.75) is 19.8 Å². The average molecular weight is 242 g/mol. The molecule has 0 saturated carbocycles. The lowest BCUT2D eigenvalue weighted by molar-refractivity contribution is 0.0953. The first-order valence-corrected chi connectivity index (χ1v) is 6.33. The fraction of sp³-hybridized carbons (Fsp3) is 0.267. The maximum Gasteiger partial charge on any atom is 0.251 e. The van der Waals surface area contributed by atoms with Gasteiger partial charge in [0.05, 0.1) is 0 Å². The van der Waals surface area contributed by atoms with Crippen LogP contribution in [0.15, 0.2) is 48.8 Å². The van der Waals surface area contributed by atoms with Crippen LogP contribution < -0.4 is 5.32 Å². The number of aromatic nitrogens is 1. The summed E-state index contributed by atoms with van der Waals surface area (Å²) < 4.78 is 2.01. The maximum absolute atomic E-state index is 11.8. The molecule has 18 heavy (non-hydrogen) atoms. The summed E-state index contributed by atoms with van der Waals surface area (Å²) in [6, 6.07) is 11.6. The van der Waals surface area contributed by atoms with Gasteiger partial charge in [0.2, 0.25) is 0 Å². The van der Waals surface area contributed by atoms with E-state index >= 15 is 0 Å². The van der Waals surface area contributed by atoms with E-state index in [1.165, 1.54) is 0 Å². The topological polar surface area (TPSA) is 34.0 Å². The first-order chi connectivity index (χ1) is 8.81. The molecule has 1 aromatic heterocycles. The average Bonchev–Trinajstić information content (AvgIpc) is 2.93. The van der Waals surface area contributed by atoms with Gasteiger partial charge in [-0.15, -0.1) is 0 Å². The fourth-order valence-corrected chi connectivity index (χ4v) is 1.77. The van der Waals surface area contributed by atoms with Crippen molar-refractivity contribution in [2.24, 2.45) is 0 Å². The van der Waals surface area contributed by atoms with Crippen LogP contribution >= 0.6 is 0 Å². The third-order valence-corrected chi connectivity index (χ3v) is 2.85. The predicted molar refractivity (Wildman–Crippen MR) is 73.0 cm³/mol. The maximum atomic E-state index is 11.8. The van der Waals surface area contributed by atoms with Gasteiger partial charge in [-0.05, 0) is 42.8 Å². The van der Waals surface area contributed by atoms with Crippen molar-refractivity contribution in [2.75, 3.05) is 6.54 Å². The molecule has 0 radical (unpaired) electrons. The summed E-state index contributed by atoms with van der Waals surface area (Å²) in [4.78, 5) is 11.8. The minimum atomic E-state index is 0.00232. The van der Waals surface area contributed by atoms with Gasteiger partial charge >= 0.3 is 0 Å². The number of carbonyl (C=O) groups excluding carboxylic acids is 1. The predicted octanol–water partition coefficient (Wildman–Crippen LogP) is 3.01. The quantitative estimate of drug-likeness (QED) is 0.803. The summed E-state index contributed by atoms with van der Waals surface area (Å²) in [6.07, 6.45) is 6.08. The van der Waals surface area contributed by atoms with E-state index in [9.17, 15) is 4.79 Å². The van der Waals surface area contributed by atoms with Gasteiger partial charge in [0.15, 0.2) is 0 Å². The summed E-state index contributed by atoms with van der Waals surface area (Å²) >= 11 is 0. The number of benzene rings is 1. The molecule has 0 fully saturated rings. The van der Waals surface area contributed by atoms with Gasteiger partial charge in [0.1, 0.15) is 0 Å². The Hall–Kier alpha value is -2.03. The van der Waals surface area contributed by atoms with E-state index in [4.69, 9.17) is 0 Å². The van der Waals surface area contributed by atoms with Crippen LogP contribution in [0.25, 0.3) is 5.69 Å². The zero-order valence-corrected chi connectivity index (χ0v) is 10.6. The van der Waals surface area contributed by atoms with Crippen LogP contribution in [0, 0.1) is 0 Å². The number of hydrogen-bond donors (Lipinski definition) is 1. The molecule has 0 saturated heterocycles. The van der Waals surface area contributed by atoms with E-state index < -0.39 is 0 Å². The molecule has 1 amide bonds. The summed E-state index contributed by atoms with van der Waals surface area (Å²) in [5.74, 6) is 0.00232. The van der Waals surface area contributed by atoms with Crippen molar-refractivity contribution in [1.29, 1.82) is 0 Å². The Morgan fingerprint density at radius 2 is 1.83 bits per heavy atom. The number of unbranched alkanes of at least 4 members (excludes halogenated alkanes) is 1. The second-order valence-electron chi connectivity index (χ2n) is 4.25. The minimum Gasteiger partial charge on any atom is -0.352 e. The van der Waals surface area contributed by atoms with Crippen molar-refractivity contribution >= 4 is 5.91 Å². The van der Waals surface area contributed by atoms with Gasteiger partial charge in [-0.2, -0.15) is 0 Å². The van der Waals surface area contributed by atoms with E-state index in [1.54, 1.807) is 0 Å². The summed E-state index contributed by atoms with van der Waals surface area (Å²) in [6.45, 7) is 2.85. The Labute approximate surface area is 107 Å². The van der Waals surface area contributed by atoms with Crippen LogP contribution in [0.1, 0.15) is 30.1 Å². The van der Waals surface area contributed by atoms with Crippen molar-refractivity contribution in [3.05, 3.63) is 54.4 Å². The second-order valence-corrected chi connectivity index (χ2v) is 4.25. The van der Waals surface area contributed by atoms with Crippen molar-refractivity contribution in [3.8, 4) is 5.69 Å². The van der Waals surface area contributed by atoms with Gasteiger partial charge in [-0.1, -0.05) is 13.3 Å². The Kier molecular flexibility index (Phi) is 4.18.